The number of methoxy groups -OCH3 is 1. The standard InChI is InChI=1S/C33H38N2O6/c1-4-19-33(32(37)34-20-18-24-10-6-7-13-29(24)39-5-2)30(26-11-8-12-28(23-26)38-3)41-31(35-33)25-14-16-27(17-15-25)40-22-9-21-36/h4,6-8,10-17,23,30,36H,1,5,9,18-22H2,2-3H3,(H,34,37)/t30-,33-/m1/s1. The lowest BCUT2D eigenvalue weighted by atomic mass is 9.84. The first kappa shape index (κ1) is 29.7. The maximum absolute atomic E-state index is 14.0. The summed E-state index contributed by atoms with van der Waals surface area (Å²) in [6, 6.07) is 22.7. The molecule has 0 unspecified atom stereocenters. The molecule has 0 fully saturated rings. The van der Waals surface area contributed by atoms with Crippen molar-refractivity contribution in [3.63, 3.8) is 0 Å². The number of aliphatic hydroxyl groups excluding tert-OH is 1. The molecule has 3 aromatic rings. The minimum absolute atomic E-state index is 0.0703. The average molecular weight is 559 g/mol. The van der Waals surface area contributed by atoms with Gasteiger partial charge in [0.2, 0.25) is 5.90 Å². The van der Waals surface area contributed by atoms with Gasteiger partial charge in [-0.05, 0) is 66.9 Å². The molecule has 1 aliphatic rings. The molecule has 0 saturated carbocycles. The van der Waals surface area contributed by atoms with Gasteiger partial charge in [-0.3, -0.25) is 4.79 Å². The first-order chi connectivity index (χ1) is 20.0. The highest BCUT2D eigenvalue weighted by molar-refractivity contribution is 6.01. The minimum atomic E-state index is -1.28. The van der Waals surface area contributed by atoms with Crippen LogP contribution in [0.3, 0.4) is 0 Å². The lowest BCUT2D eigenvalue weighted by Gasteiger charge is -2.30. The number of carbonyl (C=O) groups is 1. The molecule has 2 atom stereocenters. The largest absolute Gasteiger partial charge is 0.497 e. The lowest BCUT2D eigenvalue weighted by Crippen LogP contribution is -2.48. The topological polar surface area (TPSA) is 98.6 Å². The van der Waals surface area contributed by atoms with Gasteiger partial charge >= 0.3 is 0 Å². The molecule has 216 valence electrons. The Hall–Kier alpha value is -4.30. The predicted molar refractivity (Wildman–Crippen MR) is 159 cm³/mol. The summed E-state index contributed by atoms with van der Waals surface area (Å²) in [5.74, 6) is 2.25. The summed E-state index contributed by atoms with van der Waals surface area (Å²) in [4.78, 5) is 19.0. The fourth-order valence-corrected chi connectivity index (χ4v) is 4.81. The third kappa shape index (κ3) is 7.08. The van der Waals surface area contributed by atoms with Gasteiger partial charge in [0, 0.05) is 31.6 Å². The number of para-hydroxylation sites is 1. The van der Waals surface area contributed by atoms with E-state index in [0.29, 0.717) is 50.0 Å². The van der Waals surface area contributed by atoms with E-state index < -0.39 is 11.6 Å². The Labute approximate surface area is 241 Å². The Morgan fingerprint density at radius 2 is 1.90 bits per heavy atom. The number of rotatable bonds is 15. The van der Waals surface area contributed by atoms with Gasteiger partial charge < -0.3 is 29.4 Å². The van der Waals surface area contributed by atoms with Gasteiger partial charge in [0.25, 0.3) is 5.91 Å². The second-order valence-corrected chi connectivity index (χ2v) is 9.61. The van der Waals surface area contributed by atoms with Crippen molar-refractivity contribution in [2.45, 2.75) is 37.8 Å². The molecule has 1 aliphatic heterocycles. The highest BCUT2D eigenvalue weighted by Crippen LogP contribution is 2.43. The molecule has 41 heavy (non-hydrogen) atoms. The summed E-state index contributed by atoms with van der Waals surface area (Å²) in [5, 5.41) is 12.1. The van der Waals surface area contributed by atoms with Crippen molar-refractivity contribution in [1.29, 1.82) is 0 Å². The first-order valence-corrected chi connectivity index (χ1v) is 13.9. The first-order valence-electron chi connectivity index (χ1n) is 13.9. The number of hydrogen-bond acceptors (Lipinski definition) is 7. The molecule has 1 amide bonds. The van der Waals surface area contributed by atoms with Gasteiger partial charge in [-0.2, -0.15) is 0 Å². The van der Waals surface area contributed by atoms with Gasteiger partial charge in [-0.25, -0.2) is 4.99 Å². The Kier molecular flexibility index (Phi) is 10.4. The van der Waals surface area contributed by atoms with Crippen LogP contribution in [0.15, 0.2) is 90.4 Å². The van der Waals surface area contributed by atoms with Crippen LogP contribution >= 0.6 is 0 Å². The Morgan fingerprint density at radius 1 is 1.10 bits per heavy atom. The molecule has 0 saturated heterocycles. The van der Waals surface area contributed by atoms with Crippen LogP contribution < -0.4 is 19.5 Å². The van der Waals surface area contributed by atoms with Crippen molar-refractivity contribution < 1.29 is 28.8 Å². The lowest BCUT2D eigenvalue weighted by molar-refractivity contribution is -0.128. The van der Waals surface area contributed by atoms with Crippen molar-refractivity contribution in [1.82, 2.24) is 5.32 Å². The van der Waals surface area contributed by atoms with Crippen LogP contribution in [-0.2, 0) is 16.0 Å². The van der Waals surface area contributed by atoms with Crippen molar-refractivity contribution in [3.8, 4) is 17.2 Å². The van der Waals surface area contributed by atoms with Crippen molar-refractivity contribution in [2.24, 2.45) is 4.99 Å². The van der Waals surface area contributed by atoms with Crippen molar-refractivity contribution >= 4 is 11.8 Å². The molecule has 3 aromatic carbocycles. The van der Waals surface area contributed by atoms with E-state index in [1.807, 2.05) is 79.7 Å². The molecule has 0 aliphatic carbocycles. The number of hydrogen-bond donors (Lipinski definition) is 2. The average Bonchev–Trinajstić information content (AvgIpc) is 3.39. The van der Waals surface area contributed by atoms with Crippen molar-refractivity contribution in [2.75, 3.05) is 33.5 Å². The second-order valence-electron chi connectivity index (χ2n) is 9.61. The molecule has 0 spiro atoms. The molecule has 4 rings (SSSR count). The van der Waals surface area contributed by atoms with Gasteiger partial charge in [0.1, 0.15) is 17.2 Å². The Morgan fingerprint density at radius 3 is 2.63 bits per heavy atom. The second kappa shape index (κ2) is 14.4. The van der Waals surface area contributed by atoms with Crippen LogP contribution in [0.25, 0.3) is 0 Å². The van der Waals surface area contributed by atoms with Gasteiger partial charge in [0.05, 0.1) is 20.3 Å². The number of nitrogens with one attached hydrogen (secondary N) is 1. The number of amides is 1. The normalized spacial score (nSPS) is 17.7. The predicted octanol–water partition coefficient (Wildman–Crippen LogP) is 5.05. The summed E-state index contributed by atoms with van der Waals surface area (Å²) in [6.07, 6.45) is 2.41. The molecular formula is C33H38N2O6. The Bertz CT molecular complexity index is 1340. The maximum Gasteiger partial charge on any atom is 0.252 e. The SMILES string of the molecule is C=CC[C@@]1(C(=O)NCCc2ccccc2OCC)N=C(c2ccc(OCCCO)cc2)O[C@@H]1c1cccc(OC)c1. The third-order valence-corrected chi connectivity index (χ3v) is 6.83. The summed E-state index contributed by atoms with van der Waals surface area (Å²) >= 11 is 0. The van der Waals surface area contributed by atoms with E-state index in [9.17, 15) is 4.79 Å². The third-order valence-electron chi connectivity index (χ3n) is 6.83. The highest BCUT2D eigenvalue weighted by atomic mass is 16.5. The zero-order valence-corrected chi connectivity index (χ0v) is 23.7. The van der Waals surface area contributed by atoms with Gasteiger partial charge in [0.15, 0.2) is 11.6 Å². The quantitative estimate of drug-likeness (QED) is 0.200. The van der Waals surface area contributed by atoms with Crippen LogP contribution in [0, 0.1) is 0 Å². The maximum atomic E-state index is 14.0. The molecular weight excluding hydrogens is 520 g/mol. The summed E-state index contributed by atoms with van der Waals surface area (Å²) in [5.41, 5.74) is 1.23. The van der Waals surface area contributed by atoms with Gasteiger partial charge in [-0.1, -0.05) is 36.4 Å². The molecule has 8 heteroatoms. The van der Waals surface area contributed by atoms with E-state index in [4.69, 9.17) is 29.0 Å². The smallest absolute Gasteiger partial charge is 0.252 e. The van der Waals surface area contributed by atoms with E-state index >= 15 is 0 Å². The number of carbonyl (C=O) groups excluding carboxylic acids is 1. The molecule has 0 aromatic heterocycles. The van der Waals surface area contributed by atoms with E-state index in [-0.39, 0.29) is 18.9 Å². The fraction of sp³-hybridized carbons (Fsp3) is 0.333. The van der Waals surface area contributed by atoms with E-state index in [0.717, 1.165) is 22.4 Å². The van der Waals surface area contributed by atoms with Crippen LogP contribution in [0.1, 0.15) is 42.6 Å². The van der Waals surface area contributed by atoms with Crippen LogP contribution in [0.2, 0.25) is 0 Å². The minimum Gasteiger partial charge on any atom is -0.497 e. The van der Waals surface area contributed by atoms with E-state index in [2.05, 4.69) is 11.9 Å². The molecule has 0 radical (unpaired) electrons. The number of benzene rings is 3. The van der Waals surface area contributed by atoms with Crippen LogP contribution in [0.5, 0.6) is 17.2 Å². The number of ether oxygens (including phenoxy) is 4. The number of aliphatic imine (C=N–C) groups is 1. The van der Waals surface area contributed by atoms with Crippen molar-refractivity contribution in [3.05, 3.63) is 102 Å². The zero-order valence-electron chi connectivity index (χ0n) is 23.7. The zero-order chi connectivity index (χ0) is 29.1. The summed E-state index contributed by atoms with van der Waals surface area (Å²) in [7, 11) is 1.60. The fourth-order valence-electron chi connectivity index (χ4n) is 4.81. The highest BCUT2D eigenvalue weighted by Gasteiger charge is 2.52. The molecule has 0 bridgehead atoms. The molecule has 2 N–H and O–H groups in total. The number of nitrogens with zero attached hydrogens (tertiary/aromatic N) is 1. The van der Waals surface area contributed by atoms with Crippen LogP contribution in [0.4, 0.5) is 0 Å². The van der Waals surface area contributed by atoms with E-state index in [1.54, 1.807) is 13.2 Å². The summed E-state index contributed by atoms with van der Waals surface area (Å²) < 4.78 is 23.3. The molecule has 1 heterocycles. The van der Waals surface area contributed by atoms with E-state index in [1.165, 1.54) is 0 Å². The Balaban J connectivity index is 1.63. The summed E-state index contributed by atoms with van der Waals surface area (Å²) in [6.45, 7) is 7.34. The van der Waals surface area contributed by atoms with Crippen LogP contribution in [-0.4, -0.2) is 55.9 Å². The molecule has 8 nitrogen and oxygen atoms in total. The monoisotopic (exact) mass is 558 g/mol. The van der Waals surface area contributed by atoms with Gasteiger partial charge in [-0.15, -0.1) is 6.58 Å². The number of aliphatic hydroxyl groups is 1.